The highest BCUT2D eigenvalue weighted by Gasteiger charge is 2.35. The summed E-state index contributed by atoms with van der Waals surface area (Å²) in [6, 6.07) is 25.7. The second kappa shape index (κ2) is 7.73. The zero-order valence-corrected chi connectivity index (χ0v) is 16.0. The minimum Gasteiger partial charge on any atom is -0.497 e. The summed E-state index contributed by atoms with van der Waals surface area (Å²) in [5.74, 6) is 1.18. The zero-order valence-electron chi connectivity index (χ0n) is 16.0. The van der Waals surface area contributed by atoms with Gasteiger partial charge in [-0.3, -0.25) is 4.79 Å². The highest BCUT2D eigenvalue weighted by atomic mass is 16.5. The fourth-order valence-electron chi connectivity index (χ4n) is 3.72. The van der Waals surface area contributed by atoms with Crippen molar-refractivity contribution >= 4 is 17.6 Å². The van der Waals surface area contributed by atoms with Crippen LogP contribution >= 0.6 is 0 Å². The lowest BCUT2D eigenvalue weighted by molar-refractivity contribution is -0.120. The van der Waals surface area contributed by atoms with Crippen molar-refractivity contribution in [2.45, 2.75) is 18.9 Å². The molecule has 3 aromatic rings. The third-order valence-electron chi connectivity index (χ3n) is 5.10. The van der Waals surface area contributed by atoms with Gasteiger partial charge < -0.3 is 9.47 Å². The van der Waals surface area contributed by atoms with Gasteiger partial charge in [-0.15, -0.1) is 0 Å². The largest absolute Gasteiger partial charge is 0.497 e. The van der Waals surface area contributed by atoms with E-state index in [1.165, 1.54) is 0 Å². The smallest absolute Gasteiger partial charge is 0.141 e. The van der Waals surface area contributed by atoms with E-state index in [9.17, 15) is 4.79 Å². The lowest BCUT2D eigenvalue weighted by Gasteiger charge is -2.32. The monoisotopic (exact) mass is 370 g/mol. The molecule has 0 spiro atoms. The second-order valence-corrected chi connectivity index (χ2v) is 6.91. The van der Waals surface area contributed by atoms with E-state index < -0.39 is 12.0 Å². The molecule has 140 valence electrons. The number of carbonyl (C=O) groups excluding carboxylic acids is 1. The Bertz CT molecular complexity index is 1010. The van der Waals surface area contributed by atoms with E-state index >= 15 is 0 Å². The molecule has 0 saturated heterocycles. The highest BCUT2D eigenvalue weighted by Crippen LogP contribution is 2.44. The predicted octanol–water partition coefficient (Wildman–Crippen LogP) is 5.64. The molecule has 2 atom stereocenters. The molecule has 2 unspecified atom stereocenters. The van der Waals surface area contributed by atoms with Crippen LogP contribution < -0.4 is 4.74 Å². The molecule has 0 amide bonds. The molecule has 3 aromatic carbocycles. The van der Waals surface area contributed by atoms with E-state index in [1.54, 1.807) is 14.0 Å². The number of benzene rings is 3. The quantitative estimate of drug-likeness (QED) is 0.583. The van der Waals surface area contributed by atoms with E-state index in [0.29, 0.717) is 0 Å². The van der Waals surface area contributed by atoms with Crippen molar-refractivity contribution in [3.63, 3.8) is 0 Å². The van der Waals surface area contributed by atoms with Crippen LogP contribution in [0.5, 0.6) is 5.75 Å². The minimum absolute atomic E-state index is 0.0688. The normalized spacial score (nSPS) is 16.4. The van der Waals surface area contributed by atoms with Crippen molar-refractivity contribution in [3.8, 4) is 5.75 Å². The molecular formula is C25H22O3. The SMILES string of the molecule is COc1ccc2c(c1)C(C(C(C)=O)c1ccccc1)OC(c1ccccc1)=C2. The summed E-state index contributed by atoms with van der Waals surface area (Å²) < 4.78 is 11.9. The first kappa shape index (κ1) is 18.1. The Labute approximate surface area is 165 Å². The first-order chi connectivity index (χ1) is 13.7. The van der Waals surface area contributed by atoms with Crippen molar-refractivity contribution in [2.24, 2.45) is 0 Å². The lowest BCUT2D eigenvalue weighted by atomic mass is 9.83. The predicted molar refractivity (Wildman–Crippen MR) is 111 cm³/mol. The van der Waals surface area contributed by atoms with Crippen LogP contribution in [0, 0.1) is 0 Å². The number of rotatable bonds is 5. The first-order valence-corrected chi connectivity index (χ1v) is 9.34. The lowest BCUT2D eigenvalue weighted by Crippen LogP contribution is -2.23. The average molecular weight is 370 g/mol. The molecule has 4 rings (SSSR count). The van der Waals surface area contributed by atoms with Gasteiger partial charge in [-0.05, 0) is 36.3 Å². The molecule has 0 fully saturated rings. The number of carbonyl (C=O) groups is 1. The number of methoxy groups -OCH3 is 1. The third kappa shape index (κ3) is 3.44. The molecule has 3 nitrogen and oxygen atoms in total. The second-order valence-electron chi connectivity index (χ2n) is 6.91. The Balaban J connectivity index is 1.86. The van der Waals surface area contributed by atoms with Crippen LogP contribution in [0.25, 0.3) is 11.8 Å². The maximum absolute atomic E-state index is 12.7. The van der Waals surface area contributed by atoms with E-state index in [4.69, 9.17) is 9.47 Å². The molecule has 1 heterocycles. The van der Waals surface area contributed by atoms with E-state index in [2.05, 4.69) is 0 Å². The van der Waals surface area contributed by atoms with Gasteiger partial charge in [0.25, 0.3) is 0 Å². The molecule has 0 bridgehead atoms. The fourth-order valence-corrected chi connectivity index (χ4v) is 3.72. The summed E-state index contributed by atoms with van der Waals surface area (Å²) in [4.78, 5) is 12.7. The summed E-state index contributed by atoms with van der Waals surface area (Å²) in [5.41, 5.74) is 3.94. The van der Waals surface area contributed by atoms with E-state index in [1.807, 2.05) is 84.9 Å². The van der Waals surface area contributed by atoms with E-state index in [-0.39, 0.29) is 5.78 Å². The molecule has 0 aliphatic carbocycles. The topological polar surface area (TPSA) is 35.5 Å². The van der Waals surface area contributed by atoms with Crippen LogP contribution in [0.1, 0.15) is 41.2 Å². The Morgan fingerprint density at radius 3 is 2.29 bits per heavy atom. The van der Waals surface area contributed by atoms with Gasteiger partial charge in [-0.2, -0.15) is 0 Å². The van der Waals surface area contributed by atoms with Crippen LogP contribution in [-0.2, 0) is 9.53 Å². The van der Waals surface area contributed by atoms with Crippen LogP contribution in [0.15, 0.2) is 78.9 Å². The molecule has 0 saturated carbocycles. The van der Waals surface area contributed by atoms with Gasteiger partial charge in [0, 0.05) is 11.1 Å². The summed E-state index contributed by atoms with van der Waals surface area (Å²) in [6.45, 7) is 1.63. The maximum Gasteiger partial charge on any atom is 0.141 e. The van der Waals surface area contributed by atoms with Crippen molar-refractivity contribution in [1.29, 1.82) is 0 Å². The Morgan fingerprint density at radius 2 is 1.64 bits per heavy atom. The summed E-state index contributed by atoms with van der Waals surface area (Å²) in [7, 11) is 1.64. The van der Waals surface area contributed by atoms with E-state index in [0.717, 1.165) is 33.8 Å². The van der Waals surface area contributed by atoms with Crippen LogP contribution in [0.3, 0.4) is 0 Å². The van der Waals surface area contributed by atoms with Crippen LogP contribution in [-0.4, -0.2) is 12.9 Å². The van der Waals surface area contributed by atoms with Crippen LogP contribution in [0.2, 0.25) is 0 Å². The Hall–Kier alpha value is -3.33. The molecular weight excluding hydrogens is 348 g/mol. The zero-order chi connectivity index (χ0) is 19.5. The fraction of sp³-hybridized carbons (Fsp3) is 0.160. The number of ether oxygens (including phenoxy) is 2. The molecule has 0 radical (unpaired) electrons. The Morgan fingerprint density at radius 1 is 0.964 bits per heavy atom. The standard InChI is InChI=1S/C25H22O3/c1-17(26)24(19-11-7-4-8-12-19)25-22-16-21(27-2)14-13-20(22)15-23(28-25)18-9-5-3-6-10-18/h3-16,24-25H,1-2H3. The van der Waals surface area contributed by atoms with Gasteiger partial charge in [0.2, 0.25) is 0 Å². The van der Waals surface area contributed by atoms with Crippen molar-refractivity contribution < 1.29 is 14.3 Å². The first-order valence-electron chi connectivity index (χ1n) is 9.34. The summed E-state index contributed by atoms with van der Waals surface area (Å²) in [6.07, 6.45) is 1.60. The van der Waals surface area contributed by atoms with Gasteiger partial charge in [-0.1, -0.05) is 66.7 Å². The molecule has 28 heavy (non-hydrogen) atoms. The van der Waals surface area contributed by atoms with Crippen molar-refractivity contribution in [1.82, 2.24) is 0 Å². The molecule has 0 N–H and O–H groups in total. The number of fused-ring (bicyclic) bond motifs is 1. The van der Waals surface area contributed by atoms with Gasteiger partial charge in [0.15, 0.2) is 0 Å². The molecule has 0 aromatic heterocycles. The molecule has 1 aliphatic rings. The number of ketones is 1. The molecule has 1 aliphatic heterocycles. The summed E-state index contributed by atoms with van der Waals surface area (Å²) >= 11 is 0. The van der Waals surface area contributed by atoms with Gasteiger partial charge in [-0.25, -0.2) is 0 Å². The number of hydrogen-bond acceptors (Lipinski definition) is 3. The highest BCUT2D eigenvalue weighted by molar-refractivity contribution is 5.87. The van der Waals surface area contributed by atoms with Crippen molar-refractivity contribution in [2.75, 3.05) is 7.11 Å². The molecule has 3 heteroatoms. The minimum atomic E-state index is -0.426. The Kier molecular flexibility index (Phi) is 4.98. The van der Waals surface area contributed by atoms with Crippen molar-refractivity contribution in [3.05, 3.63) is 101 Å². The third-order valence-corrected chi connectivity index (χ3v) is 5.10. The summed E-state index contributed by atoms with van der Waals surface area (Å²) in [5, 5.41) is 0. The number of Topliss-reactive ketones (excluding diaryl/α,β-unsaturated/α-hetero) is 1. The van der Waals surface area contributed by atoms with Gasteiger partial charge in [0.1, 0.15) is 23.4 Å². The number of hydrogen-bond donors (Lipinski definition) is 0. The van der Waals surface area contributed by atoms with Gasteiger partial charge in [0.05, 0.1) is 13.0 Å². The van der Waals surface area contributed by atoms with Gasteiger partial charge >= 0.3 is 0 Å². The average Bonchev–Trinajstić information content (AvgIpc) is 2.74. The van der Waals surface area contributed by atoms with Crippen LogP contribution in [0.4, 0.5) is 0 Å². The maximum atomic E-state index is 12.7.